The van der Waals surface area contributed by atoms with Crippen molar-refractivity contribution in [3.05, 3.63) is 0 Å². The van der Waals surface area contributed by atoms with Crippen molar-refractivity contribution in [3.8, 4) is 0 Å². The third kappa shape index (κ3) is 11.2. The Labute approximate surface area is 257 Å². The van der Waals surface area contributed by atoms with E-state index >= 15 is 0 Å². The summed E-state index contributed by atoms with van der Waals surface area (Å²) in [6.07, 6.45) is -6.15. The SMILES string of the molecule is CC(=O)N[C@H]1[C@H]2OC[C@@H](O2)[C@@H](O)[C@@H]1O[C@H](C)C(=O)N[C@@H](C)C(=O)N[C@H](CCC(=O)N[C@@H](CCC[C@@H](N)C(=O)O)C(=O)O)C(=O)O. The van der Waals surface area contributed by atoms with Crippen molar-refractivity contribution in [1.29, 1.82) is 0 Å². The van der Waals surface area contributed by atoms with Gasteiger partial charge in [-0.2, -0.15) is 0 Å². The number of hydrogen-bond donors (Lipinski definition) is 9. The van der Waals surface area contributed by atoms with E-state index in [1.165, 1.54) is 20.8 Å². The number of aliphatic hydroxyl groups is 1. The molecule has 2 aliphatic heterocycles. The van der Waals surface area contributed by atoms with Crippen molar-refractivity contribution in [3.63, 3.8) is 0 Å². The first-order chi connectivity index (χ1) is 21.0. The molecule has 2 rings (SSSR count). The maximum atomic E-state index is 12.8. The third-order valence-corrected chi connectivity index (χ3v) is 7.18. The number of carboxylic acids is 3. The highest BCUT2D eigenvalue weighted by molar-refractivity contribution is 5.91. The molecule has 2 saturated heterocycles. The molecule has 2 fully saturated rings. The number of aliphatic carboxylic acids is 3. The van der Waals surface area contributed by atoms with E-state index in [0.717, 1.165) is 0 Å². The van der Waals surface area contributed by atoms with Crippen LogP contribution < -0.4 is 27.0 Å². The molecule has 19 nitrogen and oxygen atoms in total. The van der Waals surface area contributed by atoms with Gasteiger partial charge in [0.15, 0.2) is 6.29 Å². The Morgan fingerprint density at radius 3 is 2.09 bits per heavy atom. The van der Waals surface area contributed by atoms with Crippen molar-refractivity contribution < 1.29 is 68.2 Å². The fourth-order valence-electron chi connectivity index (χ4n) is 4.65. The standard InChI is InChI=1S/C26H41N5O14/c1-10(28-22(36)11(2)44-20-18(29-12(3)32)26-43-9-16(45-26)19(20)34)21(35)31-15(25(41)42)7-8-17(33)30-14(24(39)40)6-4-5-13(27)23(37)38/h10-11,13-16,18-20,26,34H,4-9,27H2,1-3H3,(H,28,36)(H,29,32)(H,30,33)(H,31,35)(H,37,38)(H,39,40)(H,41,42)/t10-,11+,13+,14-,15+,16+,18+,19+,20+,26-/m0/s1. The van der Waals surface area contributed by atoms with Crippen LogP contribution in [0.5, 0.6) is 0 Å². The molecule has 10 N–H and O–H groups in total. The number of carboxylic acid groups (broad SMARTS) is 3. The highest BCUT2D eigenvalue weighted by Crippen LogP contribution is 2.30. The predicted molar refractivity (Wildman–Crippen MR) is 148 cm³/mol. The molecule has 19 heteroatoms. The Morgan fingerprint density at radius 1 is 0.889 bits per heavy atom. The van der Waals surface area contributed by atoms with Crippen molar-refractivity contribution in [2.45, 2.75) is 114 Å². The summed E-state index contributed by atoms with van der Waals surface area (Å²) in [5, 5.41) is 47.7. The smallest absolute Gasteiger partial charge is 0.326 e. The summed E-state index contributed by atoms with van der Waals surface area (Å²) in [6, 6.07) is -6.32. The van der Waals surface area contributed by atoms with Crippen molar-refractivity contribution in [2.24, 2.45) is 5.73 Å². The molecule has 4 amide bonds. The Balaban J connectivity index is 1.88. The van der Waals surface area contributed by atoms with Crippen LogP contribution in [-0.2, 0) is 47.8 Å². The van der Waals surface area contributed by atoms with Gasteiger partial charge >= 0.3 is 17.9 Å². The van der Waals surface area contributed by atoms with Gasteiger partial charge in [-0.15, -0.1) is 0 Å². The van der Waals surface area contributed by atoms with Gasteiger partial charge in [-0.05, 0) is 39.5 Å². The molecular weight excluding hydrogens is 606 g/mol. The van der Waals surface area contributed by atoms with Gasteiger partial charge in [0, 0.05) is 13.3 Å². The van der Waals surface area contributed by atoms with Crippen LogP contribution in [0.15, 0.2) is 0 Å². The van der Waals surface area contributed by atoms with Gasteiger partial charge in [-0.25, -0.2) is 9.59 Å². The van der Waals surface area contributed by atoms with Crippen LogP contribution in [0.1, 0.15) is 52.9 Å². The van der Waals surface area contributed by atoms with E-state index in [2.05, 4.69) is 21.3 Å². The number of hydrogen-bond acceptors (Lipinski definition) is 12. The fraction of sp³-hybridized carbons (Fsp3) is 0.731. The van der Waals surface area contributed by atoms with Gasteiger partial charge in [0.05, 0.1) is 6.61 Å². The van der Waals surface area contributed by atoms with Crippen LogP contribution in [0.4, 0.5) is 0 Å². The minimum absolute atomic E-state index is 0.0211. The minimum atomic E-state index is -1.57. The average molecular weight is 648 g/mol. The van der Waals surface area contributed by atoms with E-state index < -0.39 is 115 Å². The second-order valence-corrected chi connectivity index (χ2v) is 10.8. The topological polar surface area (TPSA) is 302 Å². The summed E-state index contributed by atoms with van der Waals surface area (Å²) in [7, 11) is 0. The summed E-state index contributed by atoms with van der Waals surface area (Å²) < 4.78 is 16.7. The molecule has 0 aromatic heterocycles. The van der Waals surface area contributed by atoms with Crippen LogP contribution in [0.2, 0.25) is 0 Å². The molecule has 0 radical (unpaired) electrons. The van der Waals surface area contributed by atoms with E-state index in [1.807, 2.05) is 0 Å². The molecule has 2 aliphatic rings. The molecule has 0 aromatic carbocycles. The summed E-state index contributed by atoms with van der Waals surface area (Å²) in [5.74, 6) is -7.08. The quantitative estimate of drug-likeness (QED) is 0.0694. The molecule has 0 saturated carbocycles. The van der Waals surface area contributed by atoms with Crippen molar-refractivity contribution in [2.75, 3.05) is 6.61 Å². The maximum absolute atomic E-state index is 12.8. The summed E-state index contributed by atoms with van der Waals surface area (Å²) in [6.45, 7) is 3.92. The first-order valence-corrected chi connectivity index (χ1v) is 14.2. The molecule has 0 spiro atoms. The number of carbonyl (C=O) groups excluding carboxylic acids is 4. The Hall–Kier alpha value is -3.91. The van der Waals surface area contributed by atoms with E-state index in [4.69, 9.17) is 25.1 Å². The van der Waals surface area contributed by atoms with Gasteiger partial charge < -0.3 is 61.6 Å². The molecular formula is C26H41N5O14. The van der Waals surface area contributed by atoms with Gasteiger partial charge in [0.25, 0.3) is 0 Å². The number of carbonyl (C=O) groups is 7. The van der Waals surface area contributed by atoms with Crippen LogP contribution in [-0.4, -0.2) is 129 Å². The number of nitrogens with two attached hydrogens (primary N) is 1. The van der Waals surface area contributed by atoms with Crippen LogP contribution in [0.25, 0.3) is 0 Å². The molecule has 10 atom stereocenters. The zero-order valence-electron chi connectivity index (χ0n) is 25.0. The fourth-order valence-corrected chi connectivity index (χ4v) is 4.65. The third-order valence-electron chi connectivity index (χ3n) is 7.18. The van der Waals surface area contributed by atoms with Crippen LogP contribution >= 0.6 is 0 Å². The molecule has 254 valence electrons. The number of ether oxygens (including phenoxy) is 3. The zero-order chi connectivity index (χ0) is 34.0. The zero-order valence-corrected chi connectivity index (χ0v) is 25.0. The van der Waals surface area contributed by atoms with E-state index in [-0.39, 0.29) is 25.9 Å². The molecule has 0 aromatic rings. The molecule has 2 bridgehead atoms. The summed E-state index contributed by atoms with van der Waals surface area (Å²) in [5.41, 5.74) is 5.38. The summed E-state index contributed by atoms with van der Waals surface area (Å²) in [4.78, 5) is 83.4. The van der Waals surface area contributed by atoms with Crippen LogP contribution in [0, 0.1) is 0 Å². The maximum Gasteiger partial charge on any atom is 0.326 e. The minimum Gasteiger partial charge on any atom is -0.480 e. The lowest BCUT2D eigenvalue weighted by Crippen LogP contribution is -2.62. The number of rotatable bonds is 18. The highest BCUT2D eigenvalue weighted by Gasteiger charge is 2.52. The lowest BCUT2D eigenvalue weighted by Gasteiger charge is -2.39. The van der Waals surface area contributed by atoms with Crippen molar-refractivity contribution in [1.82, 2.24) is 21.3 Å². The van der Waals surface area contributed by atoms with Gasteiger partial charge in [-0.1, -0.05) is 0 Å². The monoisotopic (exact) mass is 647 g/mol. The van der Waals surface area contributed by atoms with Gasteiger partial charge in [-0.3, -0.25) is 24.0 Å². The number of nitrogens with one attached hydrogen (secondary N) is 4. The number of amides is 4. The lowest BCUT2D eigenvalue weighted by atomic mass is 9.98. The van der Waals surface area contributed by atoms with E-state index in [9.17, 15) is 48.9 Å². The largest absolute Gasteiger partial charge is 0.480 e. The average Bonchev–Trinajstić information content (AvgIpc) is 3.41. The Kier molecular flexibility index (Phi) is 14.1. The lowest BCUT2D eigenvalue weighted by molar-refractivity contribution is -0.209. The van der Waals surface area contributed by atoms with Crippen LogP contribution in [0.3, 0.4) is 0 Å². The Bertz CT molecular complexity index is 1120. The molecule has 0 aliphatic carbocycles. The summed E-state index contributed by atoms with van der Waals surface area (Å²) >= 11 is 0. The number of aliphatic hydroxyl groups excluding tert-OH is 1. The van der Waals surface area contributed by atoms with Gasteiger partial charge in [0.2, 0.25) is 23.6 Å². The van der Waals surface area contributed by atoms with E-state index in [0.29, 0.717) is 0 Å². The van der Waals surface area contributed by atoms with Gasteiger partial charge in [0.1, 0.15) is 54.6 Å². The molecule has 0 unspecified atom stereocenters. The molecule has 2 heterocycles. The first kappa shape index (κ1) is 37.3. The Morgan fingerprint density at radius 2 is 1.51 bits per heavy atom. The first-order valence-electron chi connectivity index (χ1n) is 14.2. The van der Waals surface area contributed by atoms with Crippen molar-refractivity contribution >= 4 is 41.5 Å². The number of fused-ring (bicyclic) bond motifs is 2. The molecule has 45 heavy (non-hydrogen) atoms. The highest BCUT2D eigenvalue weighted by atomic mass is 16.7. The second-order valence-electron chi connectivity index (χ2n) is 10.8. The second kappa shape index (κ2) is 17.0. The van der Waals surface area contributed by atoms with E-state index in [1.54, 1.807) is 0 Å². The predicted octanol–water partition coefficient (Wildman–Crippen LogP) is -3.61. The normalized spacial score (nSPS) is 25.5.